The Morgan fingerprint density at radius 2 is 1.57 bits per heavy atom. The molecule has 0 unspecified atom stereocenters. The van der Waals surface area contributed by atoms with Gasteiger partial charge >= 0.3 is 6.09 Å². The van der Waals surface area contributed by atoms with Gasteiger partial charge < -0.3 is 19.3 Å². The van der Waals surface area contributed by atoms with Gasteiger partial charge in [0.1, 0.15) is 11.8 Å². The van der Waals surface area contributed by atoms with E-state index in [1.165, 1.54) is 4.31 Å². The van der Waals surface area contributed by atoms with Crippen LogP contribution in [-0.2, 0) is 19.6 Å². The number of amides is 2. The lowest BCUT2D eigenvalue weighted by atomic mass is 10.1. The van der Waals surface area contributed by atoms with Crippen LogP contribution >= 0.6 is 0 Å². The summed E-state index contributed by atoms with van der Waals surface area (Å²) in [5.41, 5.74) is 0.409. The first-order chi connectivity index (χ1) is 14.2. The number of ether oxygens (including phenoxy) is 2. The second-order valence-electron chi connectivity index (χ2n) is 6.92. The average Bonchev–Trinajstić information content (AvgIpc) is 2.72. The molecule has 1 aliphatic heterocycles. The maximum Gasteiger partial charge on any atom is 0.409 e. The first-order valence-electron chi connectivity index (χ1n) is 10.2. The van der Waals surface area contributed by atoms with E-state index in [1.54, 1.807) is 47.9 Å². The van der Waals surface area contributed by atoms with E-state index < -0.39 is 22.2 Å². The van der Waals surface area contributed by atoms with Gasteiger partial charge in [-0.3, -0.25) is 9.10 Å². The smallest absolute Gasteiger partial charge is 0.409 e. The highest BCUT2D eigenvalue weighted by Gasteiger charge is 2.36. The molecule has 168 valence electrons. The zero-order valence-corrected chi connectivity index (χ0v) is 18.9. The maximum absolute atomic E-state index is 13.2. The SMILES string of the molecule is CCOC(=O)N1CCN(C(=O)[C@H](CC)N(c2ccc(OCC)cc2)S(C)(=O)=O)CC1. The Kier molecular flexibility index (Phi) is 8.33. The maximum atomic E-state index is 13.2. The summed E-state index contributed by atoms with van der Waals surface area (Å²) in [6.07, 6.45) is 1.01. The van der Waals surface area contributed by atoms with Gasteiger partial charge in [0.05, 0.1) is 25.2 Å². The predicted octanol–water partition coefficient (Wildman–Crippen LogP) is 1.93. The van der Waals surface area contributed by atoms with Crippen LogP contribution in [0.15, 0.2) is 24.3 Å². The van der Waals surface area contributed by atoms with Crippen LogP contribution in [0.4, 0.5) is 10.5 Å². The summed E-state index contributed by atoms with van der Waals surface area (Å²) in [4.78, 5) is 28.2. The van der Waals surface area contributed by atoms with Gasteiger partial charge in [0, 0.05) is 26.2 Å². The van der Waals surface area contributed by atoms with Gasteiger partial charge in [-0.15, -0.1) is 0 Å². The molecule has 1 aromatic rings. The van der Waals surface area contributed by atoms with Crippen LogP contribution in [-0.4, -0.2) is 81.9 Å². The molecular weight excluding hydrogens is 410 g/mol. The third-order valence-electron chi connectivity index (χ3n) is 4.83. The van der Waals surface area contributed by atoms with Crippen LogP contribution in [0.2, 0.25) is 0 Å². The minimum atomic E-state index is -3.71. The van der Waals surface area contributed by atoms with E-state index in [1.807, 2.05) is 6.92 Å². The minimum absolute atomic E-state index is 0.277. The molecule has 1 saturated heterocycles. The van der Waals surface area contributed by atoms with Crippen molar-refractivity contribution in [2.45, 2.75) is 33.2 Å². The van der Waals surface area contributed by atoms with Crippen LogP contribution in [0.25, 0.3) is 0 Å². The highest BCUT2D eigenvalue weighted by atomic mass is 32.2. The molecule has 30 heavy (non-hydrogen) atoms. The highest BCUT2D eigenvalue weighted by Crippen LogP contribution is 2.26. The van der Waals surface area contributed by atoms with Crippen molar-refractivity contribution in [3.05, 3.63) is 24.3 Å². The van der Waals surface area contributed by atoms with Crippen LogP contribution in [0, 0.1) is 0 Å². The summed E-state index contributed by atoms with van der Waals surface area (Å²) in [7, 11) is -3.71. The summed E-state index contributed by atoms with van der Waals surface area (Å²) in [5, 5.41) is 0. The average molecular weight is 442 g/mol. The van der Waals surface area contributed by atoms with Crippen molar-refractivity contribution in [3.63, 3.8) is 0 Å². The number of rotatable bonds is 8. The molecule has 9 nitrogen and oxygen atoms in total. The molecule has 0 aliphatic carbocycles. The third-order valence-corrected chi connectivity index (χ3v) is 6.01. The summed E-state index contributed by atoms with van der Waals surface area (Å²) in [6.45, 7) is 7.54. The molecular formula is C20H31N3O6S. The Labute approximate surface area is 178 Å². The topological polar surface area (TPSA) is 96.5 Å². The Morgan fingerprint density at radius 3 is 2.03 bits per heavy atom. The molecule has 0 N–H and O–H groups in total. The van der Waals surface area contributed by atoms with E-state index in [0.717, 1.165) is 6.26 Å². The lowest BCUT2D eigenvalue weighted by Crippen LogP contribution is -2.56. The zero-order valence-electron chi connectivity index (χ0n) is 18.0. The predicted molar refractivity (Wildman–Crippen MR) is 114 cm³/mol. The van der Waals surface area contributed by atoms with Crippen molar-refractivity contribution in [2.75, 3.05) is 50.0 Å². The fraction of sp³-hybridized carbons (Fsp3) is 0.600. The van der Waals surface area contributed by atoms with E-state index >= 15 is 0 Å². The van der Waals surface area contributed by atoms with Gasteiger partial charge in [0.15, 0.2) is 0 Å². The largest absolute Gasteiger partial charge is 0.494 e. The number of nitrogens with zero attached hydrogens (tertiary/aromatic N) is 3. The fourth-order valence-electron chi connectivity index (χ4n) is 3.43. The minimum Gasteiger partial charge on any atom is -0.494 e. The van der Waals surface area contributed by atoms with Gasteiger partial charge in [-0.1, -0.05) is 6.92 Å². The number of sulfonamides is 1. The Bertz CT molecular complexity index is 819. The fourth-order valence-corrected chi connectivity index (χ4v) is 4.64. The van der Waals surface area contributed by atoms with E-state index in [-0.39, 0.29) is 5.91 Å². The molecule has 0 aromatic heterocycles. The number of anilines is 1. The quantitative estimate of drug-likeness (QED) is 0.612. The van der Waals surface area contributed by atoms with Gasteiger partial charge in [-0.2, -0.15) is 0 Å². The van der Waals surface area contributed by atoms with Crippen LogP contribution in [0.5, 0.6) is 5.75 Å². The summed E-state index contributed by atoms with van der Waals surface area (Å²) in [5.74, 6) is 0.351. The van der Waals surface area contributed by atoms with E-state index in [2.05, 4.69) is 0 Å². The highest BCUT2D eigenvalue weighted by molar-refractivity contribution is 7.92. The Hall–Kier alpha value is -2.49. The molecule has 1 fully saturated rings. The lowest BCUT2D eigenvalue weighted by molar-refractivity contribution is -0.134. The zero-order chi connectivity index (χ0) is 22.3. The number of carbonyl (C=O) groups excluding carboxylic acids is 2. The van der Waals surface area contributed by atoms with Gasteiger partial charge in [0.2, 0.25) is 15.9 Å². The van der Waals surface area contributed by atoms with Gasteiger partial charge in [-0.05, 0) is 44.5 Å². The number of hydrogen-bond acceptors (Lipinski definition) is 6. The first kappa shape index (κ1) is 23.8. The second-order valence-corrected chi connectivity index (χ2v) is 8.78. The number of piperazine rings is 1. The molecule has 1 heterocycles. The second kappa shape index (κ2) is 10.5. The molecule has 10 heteroatoms. The normalized spacial score (nSPS) is 15.5. The van der Waals surface area contributed by atoms with E-state index in [0.29, 0.717) is 57.3 Å². The molecule has 1 aliphatic rings. The van der Waals surface area contributed by atoms with Crippen molar-refractivity contribution in [1.29, 1.82) is 0 Å². The van der Waals surface area contributed by atoms with Crippen LogP contribution < -0.4 is 9.04 Å². The molecule has 1 atom stereocenters. The molecule has 1 aromatic carbocycles. The van der Waals surface area contributed by atoms with Crippen molar-refractivity contribution >= 4 is 27.7 Å². The molecule has 2 rings (SSSR count). The molecule has 0 radical (unpaired) electrons. The number of carbonyl (C=O) groups is 2. The summed E-state index contributed by atoms with van der Waals surface area (Å²) >= 11 is 0. The molecule has 2 amide bonds. The van der Waals surface area contributed by atoms with Crippen molar-refractivity contribution in [2.24, 2.45) is 0 Å². The van der Waals surface area contributed by atoms with Gasteiger partial charge in [0.25, 0.3) is 0 Å². The van der Waals surface area contributed by atoms with Crippen molar-refractivity contribution < 1.29 is 27.5 Å². The van der Waals surface area contributed by atoms with E-state index in [9.17, 15) is 18.0 Å². The monoisotopic (exact) mass is 441 g/mol. The third kappa shape index (κ3) is 5.78. The molecule has 0 saturated carbocycles. The van der Waals surface area contributed by atoms with Crippen molar-refractivity contribution in [3.8, 4) is 5.75 Å². The number of hydrogen-bond donors (Lipinski definition) is 0. The summed E-state index contributed by atoms with van der Waals surface area (Å²) < 4.78 is 36.8. The van der Waals surface area contributed by atoms with Crippen LogP contribution in [0.3, 0.4) is 0 Å². The lowest BCUT2D eigenvalue weighted by Gasteiger charge is -2.38. The molecule has 0 spiro atoms. The standard InChI is InChI=1S/C20H31N3O6S/c1-5-18(19(24)21-12-14-22(15-13-21)20(25)29-7-3)23(30(4,26)27)16-8-10-17(11-9-16)28-6-2/h8-11,18H,5-7,12-15H2,1-4H3/t18-/m0/s1. The summed E-state index contributed by atoms with van der Waals surface area (Å²) in [6, 6.07) is 5.78. The first-order valence-corrected chi connectivity index (χ1v) is 12.0. The van der Waals surface area contributed by atoms with Crippen LogP contribution in [0.1, 0.15) is 27.2 Å². The number of benzene rings is 1. The Balaban J connectivity index is 2.19. The Morgan fingerprint density at radius 1 is 1.00 bits per heavy atom. The van der Waals surface area contributed by atoms with Gasteiger partial charge in [-0.25, -0.2) is 13.2 Å². The van der Waals surface area contributed by atoms with E-state index in [4.69, 9.17) is 9.47 Å². The molecule has 0 bridgehead atoms. The van der Waals surface area contributed by atoms with Crippen molar-refractivity contribution in [1.82, 2.24) is 9.80 Å².